The molecule has 0 fully saturated rings. The van der Waals surface area contributed by atoms with Crippen molar-refractivity contribution < 1.29 is 9.47 Å². The SMILES string of the molecule is CCCCCCNCCC(OCC)OCC. The van der Waals surface area contributed by atoms with E-state index in [-0.39, 0.29) is 6.29 Å². The second-order valence-electron chi connectivity index (χ2n) is 3.94. The largest absolute Gasteiger partial charge is 0.353 e. The summed E-state index contributed by atoms with van der Waals surface area (Å²) in [4.78, 5) is 0. The van der Waals surface area contributed by atoms with Gasteiger partial charge in [-0.05, 0) is 33.4 Å². The molecule has 0 aliphatic rings. The van der Waals surface area contributed by atoms with Gasteiger partial charge in [0.1, 0.15) is 0 Å². The van der Waals surface area contributed by atoms with Gasteiger partial charge in [0.2, 0.25) is 0 Å². The zero-order chi connectivity index (χ0) is 12.1. The van der Waals surface area contributed by atoms with E-state index in [2.05, 4.69) is 12.2 Å². The number of unbranched alkanes of at least 4 members (excludes halogenated alkanes) is 3. The van der Waals surface area contributed by atoms with E-state index >= 15 is 0 Å². The van der Waals surface area contributed by atoms with Crippen molar-refractivity contribution >= 4 is 0 Å². The predicted octanol–water partition coefficient (Wildman–Crippen LogP) is 2.95. The van der Waals surface area contributed by atoms with Crippen LogP contribution < -0.4 is 5.32 Å². The predicted molar refractivity (Wildman–Crippen MR) is 68.7 cm³/mol. The van der Waals surface area contributed by atoms with E-state index in [1.807, 2.05) is 13.8 Å². The third-order valence-electron chi connectivity index (χ3n) is 2.47. The molecular weight excluding hydrogens is 202 g/mol. The molecule has 0 atom stereocenters. The van der Waals surface area contributed by atoms with Gasteiger partial charge in [-0.1, -0.05) is 26.2 Å². The van der Waals surface area contributed by atoms with Crippen LogP contribution in [0.25, 0.3) is 0 Å². The summed E-state index contributed by atoms with van der Waals surface area (Å²) in [6.07, 6.45) is 6.18. The fraction of sp³-hybridized carbons (Fsp3) is 1.00. The molecule has 0 unspecified atom stereocenters. The maximum absolute atomic E-state index is 5.47. The first kappa shape index (κ1) is 15.9. The third-order valence-corrected chi connectivity index (χ3v) is 2.47. The zero-order valence-corrected chi connectivity index (χ0v) is 11.3. The Balaban J connectivity index is 3.25. The molecule has 0 saturated heterocycles. The van der Waals surface area contributed by atoms with Crippen LogP contribution in [-0.2, 0) is 9.47 Å². The van der Waals surface area contributed by atoms with Gasteiger partial charge in [0, 0.05) is 19.6 Å². The molecule has 0 aromatic carbocycles. The normalized spacial score (nSPS) is 11.2. The fourth-order valence-electron chi connectivity index (χ4n) is 1.61. The number of hydrogen-bond donors (Lipinski definition) is 1. The maximum atomic E-state index is 5.47. The van der Waals surface area contributed by atoms with Gasteiger partial charge in [-0.15, -0.1) is 0 Å². The molecule has 0 aromatic rings. The minimum Gasteiger partial charge on any atom is -0.353 e. The third kappa shape index (κ3) is 10.4. The molecule has 3 heteroatoms. The average molecular weight is 231 g/mol. The van der Waals surface area contributed by atoms with Gasteiger partial charge in [0.05, 0.1) is 0 Å². The molecule has 0 saturated carbocycles. The molecule has 0 aliphatic carbocycles. The quantitative estimate of drug-likeness (QED) is 0.414. The summed E-state index contributed by atoms with van der Waals surface area (Å²) in [6.45, 7) is 9.79. The Kier molecular flexibility index (Phi) is 12.9. The Morgan fingerprint density at radius 1 is 0.875 bits per heavy atom. The lowest BCUT2D eigenvalue weighted by atomic mass is 10.2. The molecule has 16 heavy (non-hydrogen) atoms. The van der Waals surface area contributed by atoms with Crippen molar-refractivity contribution in [3.63, 3.8) is 0 Å². The minimum absolute atomic E-state index is 0.0295. The summed E-state index contributed by atoms with van der Waals surface area (Å²) in [7, 11) is 0. The van der Waals surface area contributed by atoms with E-state index in [0.717, 1.165) is 32.7 Å². The van der Waals surface area contributed by atoms with Crippen molar-refractivity contribution in [2.24, 2.45) is 0 Å². The van der Waals surface area contributed by atoms with Crippen molar-refractivity contribution in [3.05, 3.63) is 0 Å². The highest BCUT2D eigenvalue weighted by atomic mass is 16.7. The van der Waals surface area contributed by atoms with E-state index in [0.29, 0.717) is 0 Å². The number of ether oxygens (including phenoxy) is 2. The highest BCUT2D eigenvalue weighted by Gasteiger charge is 2.06. The van der Waals surface area contributed by atoms with Crippen LogP contribution in [0.15, 0.2) is 0 Å². The van der Waals surface area contributed by atoms with Gasteiger partial charge in [0.25, 0.3) is 0 Å². The first-order valence-corrected chi connectivity index (χ1v) is 6.79. The van der Waals surface area contributed by atoms with Crippen LogP contribution in [0.3, 0.4) is 0 Å². The lowest BCUT2D eigenvalue weighted by molar-refractivity contribution is -0.138. The van der Waals surface area contributed by atoms with E-state index in [1.54, 1.807) is 0 Å². The maximum Gasteiger partial charge on any atom is 0.158 e. The standard InChI is InChI=1S/C13H29NO2/c1-4-7-8-9-11-14-12-10-13(15-5-2)16-6-3/h13-14H,4-12H2,1-3H3. The van der Waals surface area contributed by atoms with E-state index in [1.165, 1.54) is 25.7 Å². The van der Waals surface area contributed by atoms with E-state index in [4.69, 9.17) is 9.47 Å². The molecule has 0 amide bonds. The topological polar surface area (TPSA) is 30.5 Å². The molecule has 0 radical (unpaired) electrons. The Morgan fingerprint density at radius 3 is 2.12 bits per heavy atom. The molecule has 0 spiro atoms. The van der Waals surface area contributed by atoms with Gasteiger partial charge in [-0.25, -0.2) is 0 Å². The van der Waals surface area contributed by atoms with Crippen LogP contribution in [-0.4, -0.2) is 32.6 Å². The number of rotatable bonds is 12. The van der Waals surface area contributed by atoms with Gasteiger partial charge >= 0.3 is 0 Å². The molecule has 0 aromatic heterocycles. The van der Waals surface area contributed by atoms with E-state index in [9.17, 15) is 0 Å². The van der Waals surface area contributed by atoms with E-state index < -0.39 is 0 Å². The van der Waals surface area contributed by atoms with Crippen molar-refractivity contribution in [3.8, 4) is 0 Å². The Hall–Kier alpha value is -0.120. The second kappa shape index (κ2) is 12.9. The highest BCUT2D eigenvalue weighted by molar-refractivity contribution is 4.52. The fourth-order valence-corrected chi connectivity index (χ4v) is 1.61. The molecular formula is C13H29NO2. The van der Waals surface area contributed by atoms with Gasteiger partial charge in [-0.3, -0.25) is 0 Å². The summed E-state index contributed by atoms with van der Waals surface area (Å²) in [5.74, 6) is 0. The second-order valence-corrected chi connectivity index (χ2v) is 3.94. The molecule has 3 nitrogen and oxygen atoms in total. The first-order valence-electron chi connectivity index (χ1n) is 6.79. The van der Waals surface area contributed by atoms with Crippen molar-refractivity contribution in [1.29, 1.82) is 0 Å². The molecule has 98 valence electrons. The van der Waals surface area contributed by atoms with Gasteiger partial charge < -0.3 is 14.8 Å². The van der Waals surface area contributed by atoms with Crippen LogP contribution >= 0.6 is 0 Å². The lowest BCUT2D eigenvalue weighted by Gasteiger charge is -2.16. The Bertz CT molecular complexity index is 125. The Morgan fingerprint density at radius 2 is 1.56 bits per heavy atom. The van der Waals surface area contributed by atoms with Gasteiger partial charge in [-0.2, -0.15) is 0 Å². The van der Waals surface area contributed by atoms with Gasteiger partial charge in [0.15, 0.2) is 6.29 Å². The summed E-state index contributed by atoms with van der Waals surface area (Å²) in [5.41, 5.74) is 0. The average Bonchev–Trinajstić information content (AvgIpc) is 2.28. The van der Waals surface area contributed by atoms with Crippen LogP contribution in [0, 0.1) is 0 Å². The minimum atomic E-state index is -0.0295. The van der Waals surface area contributed by atoms with Crippen molar-refractivity contribution in [1.82, 2.24) is 5.32 Å². The number of hydrogen-bond acceptors (Lipinski definition) is 3. The summed E-state index contributed by atoms with van der Waals surface area (Å²) < 4.78 is 10.9. The molecule has 0 aliphatic heterocycles. The van der Waals surface area contributed by atoms with Crippen LogP contribution in [0.1, 0.15) is 52.9 Å². The van der Waals surface area contributed by atoms with Crippen molar-refractivity contribution in [2.45, 2.75) is 59.2 Å². The van der Waals surface area contributed by atoms with Crippen LogP contribution in [0.2, 0.25) is 0 Å². The lowest BCUT2D eigenvalue weighted by Crippen LogP contribution is -2.25. The molecule has 1 N–H and O–H groups in total. The monoisotopic (exact) mass is 231 g/mol. The molecule has 0 rings (SSSR count). The van der Waals surface area contributed by atoms with Crippen LogP contribution in [0.4, 0.5) is 0 Å². The zero-order valence-electron chi connectivity index (χ0n) is 11.3. The smallest absolute Gasteiger partial charge is 0.158 e. The van der Waals surface area contributed by atoms with Crippen LogP contribution in [0.5, 0.6) is 0 Å². The summed E-state index contributed by atoms with van der Waals surface area (Å²) >= 11 is 0. The molecule has 0 bridgehead atoms. The summed E-state index contributed by atoms with van der Waals surface area (Å²) in [6, 6.07) is 0. The molecule has 0 heterocycles. The number of nitrogens with one attached hydrogen (secondary N) is 1. The highest BCUT2D eigenvalue weighted by Crippen LogP contribution is 2.00. The Labute approximate surface area is 101 Å². The van der Waals surface area contributed by atoms with Crippen molar-refractivity contribution in [2.75, 3.05) is 26.3 Å². The summed E-state index contributed by atoms with van der Waals surface area (Å²) in [5, 5.41) is 3.43. The first-order chi connectivity index (χ1) is 7.85.